The molecule has 2 heterocycles. The Bertz CT molecular complexity index is 593. The van der Waals surface area contributed by atoms with Crippen molar-refractivity contribution >= 4 is 15.7 Å². The van der Waals surface area contributed by atoms with Crippen molar-refractivity contribution in [1.82, 2.24) is 4.31 Å². The summed E-state index contributed by atoms with van der Waals surface area (Å²) in [5, 5.41) is 3.22. The zero-order valence-corrected chi connectivity index (χ0v) is 10.9. The van der Waals surface area contributed by atoms with Crippen molar-refractivity contribution in [2.75, 3.05) is 25.0 Å². The van der Waals surface area contributed by atoms with Crippen LogP contribution >= 0.6 is 0 Å². The summed E-state index contributed by atoms with van der Waals surface area (Å²) in [7, 11) is -3.34. The van der Waals surface area contributed by atoms with Gasteiger partial charge in [-0.3, -0.25) is 0 Å². The molecule has 0 fully saturated rings. The molecule has 0 unspecified atom stereocenters. The van der Waals surface area contributed by atoms with E-state index in [1.54, 1.807) is 12.1 Å². The van der Waals surface area contributed by atoms with E-state index in [1.165, 1.54) is 9.87 Å². The molecule has 0 atom stereocenters. The van der Waals surface area contributed by atoms with E-state index in [0.29, 0.717) is 18.0 Å². The predicted octanol–water partition coefficient (Wildman–Crippen LogP) is 1.61. The quantitative estimate of drug-likeness (QED) is 0.826. The monoisotopic (exact) mass is 264 g/mol. The van der Waals surface area contributed by atoms with Crippen LogP contribution in [-0.4, -0.2) is 32.4 Å². The van der Waals surface area contributed by atoms with Gasteiger partial charge >= 0.3 is 0 Å². The molecule has 0 amide bonds. The van der Waals surface area contributed by atoms with E-state index in [2.05, 4.69) is 5.32 Å². The first-order chi connectivity index (χ1) is 8.68. The number of hydrogen-bond acceptors (Lipinski definition) is 3. The molecular weight excluding hydrogens is 248 g/mol. The third-order valence-electron chi connectivity index (χ3n) is 3.45. The fourth-order valence-electron chi connectivity index (χ4n) is 2.42. The van der Waals surface area contributed by atoms with Crippen molar-refractivity contribution in [3.63, 3.8) is 0 Å². The molecule has 0 aromatic heterocycles. The van der Waals surface area contributed by atoms with Crippen LogP contribution in [0.1, 0.15) is 12.0 Å². The van der Waals surface area contributed by atoms with E-state index in [9.17, 15) is 8.42 Å². The first-order valence-corrected chi connectivity index (χ1v) is 7.64. The van der Waals surface area contributed by atoms with E-state index in [1.807, 2.05) is 18.2 Å². The molecule has 0 saturated heterocycles. The molecular formula is C13H16N2O2S. The molecule has 2 aliphatic heterocycles. The van der Waals surface area contributed by atoms with E-state index in [4.69, 9.17) is 0 Å². The predicted molar refractivity (Wildman–Crippen MR) is 71.2 cm³/mol. The molecule has 5 heteroatoms. The molecule has 3 rings (SSSR count). The van der Waals surface area contributed by atoms with Gasteiger partial charge in [0.2, 0.25) is 10.0 Å². The number of anilines is 1. The van der Waals surface area contributed by atoms with Gasteiger partial charge in [-0.25, -0.2) is 8.42 Å². The van der Waals surface area contributed by atoms with Gasteiger partial charge < -0.3 is 5.32 Å². The Morgan fingerprint density at radius 3 is 2.89 bits per heavy atom. The second-order valence-electron chi connectivity index (χ2n) is 4.62. The van der Waals surface area contributed by atoms with E-state index in [-0.39, 0.29) is 0 Å². The van der Waals surface area contributed by atoms with Crippen LogP contribution in [0.2, 0.25) is 0 Å². The molecule has 0 radical (unpaired) electrons. The van der Waals surface area contributed by atoms with Crippen LogP contribution in [0, 0.1) is 0 Å². The SMILES string of the molecule is O=S(=O)(c1ccc2c(c1)NCC2)N1CC=CCC1. The molecule has 1 aromatic carbocycles. The van der Waals surface area contributed by atoms with Crippen LogP contribution in [-0.2, 0) is 16.4 Å². The average molecular weight is 264 g/mol. The van der Waals surface area contributed by atoms with Gasteiger partial charge in [-0.2, -0.15) is 4.31 Å². The first kappa shape index (κ1) is 11.7. The lowest BCUT2D eigenvalue weighted by Crippen LogP contribution is -2.33. The molecule has 0 saturated carbocycles. The maximum atomic E-state index is 12.5. The number of sulfonamides is 1. The second-order valence-corrected chi connectivity index (χ2v) is 6.56. The smallest absolute Gasteiger partial charge is 0.243 e. The van der Waals surface area contributed by atoms with Gasteiger partial charge in [-0.1, -0.05) is 18.2 Å². The number of hydrogen-bond donors (Lipinski definition) is 1. The highest BCUT2D eigenvalue weighted by molar-refractivity contribution is 7.89. The Morgan fingerprint density at radius 1 is 1.22 bits per heavy atom. The van der Waals surface area contributed by atoms with Gasteiger partial charge in [0.25, 0.3) is 0 Å². The third kappa shape index (κ3) is 1.93. The number of nitrogens with one attached hydrogen (secondary N) is 1. The number of fused-ring (bicyclic) bond motifs is 1. The van der Waals surface area contributed by atoms with Crippen molar-refractivity contribution in [2.45, 2.75) is 17.7 Å². The van der Waals surface area contributed by atoms with Gasteiger partial charge in [0.05, 0.1) is 4.90 Å². The van der Waals surface area contributed by atoms with Crippen LogP contribution in [0.25, 0.3) is 0 Å². The Hall–Kier alpha value is -1.33. The van der Waals surface area contributed by atoms with E-state index in [0.717, 1.165) is 25.1 Å². The van der Waals surface area contributed by atoms with Crippen LogP contribution < -0.4 is 5.32 Å². The normalized spacial score (nSPS) is 19.6. The minimum absolute atomic E-state index is 0.394. The minimum atomic E-state index is -3.34. The maximum Gasteiger partial charge on any atom is 0.243 e. The van der Waals surface area contributed by atoms with Gasteiger partial charge in [0.15, 0.2) is 0 Å². The number of rotatable bonds is 2. The van der Waals surface area contributed by atoms with Crippen LogP contribution in [0.3, 0.4) is 0 Å². The summed E-state index contributed by atoms with van der Waals surface area (Å²) < 4.78 is 26.4. The molecule has 1 aromatic rings. The Balaban J connectivity index is 1.96. The fraction of sp³-hybridized carbons (Fsp3) is 0.385. The van der Waals surface area contributed by atoms with Gasteiger partial charge in [-0.05, 0) is 30.5 Å². The van der Waals surface area contributed by atoms with Crippen LogP contribution in [0.4, 0.5) is 5.69 Å². The number of benzene rings is 1. The van der Waals surface area contributed by atoms with Gasteiger partial charge in [0.1, 0.15) is 0 Å². The Kier molecular flexibility index (Phi) is 2.87. The fourth-order valence-corrected chi connectivity index (χ4v) is 3.85. The lowest BCUT2D eigenvalue weighted by Gasteiger charge is -2.23. The first-order valence-electron chi connectivity index (χ1n) is 6.20. The summed E-state index contributed by atoms with van der Waals surface area (Å²) in [5.74, 6) is 0. The molecule has 0 aliphatic carbocycles. The highest BCUT2D eigenvalue weighted by Gasteiger charge is 2.25. The third-order valence-corrected chi connectivity index (χ3v) is 5.31. The zero-order valence-electron chi connectivity index (χ0n) is 10.1. The van der Waals surface area contributed by atoms with Crippen molar-refractivity contribution in [1.29, 1.82) is 0 Å². The molecule has 18 heavy (non-hydrogen) atoms. The van der Waals surface area contributed by atoms with E-state index < -0.39 is 10.0 Å². The van der Waals surface area contributed by atoms with Crippen LogP contribution in [0.15, 0.2) is 35.2 Å². The van der Waals surface area contributed by atoms with Gasteiger partial charge in [0, 0.05) is 25.3 Å². The number of nitrogens with zero attached hydrogens (tertiary/aromatic N) is 1. The summed E-state index contributed by atoms with van der Waals surface area (Å²) >= 11 is 0. The second kappa shape index (κ2) is 4.40. The van der Waals surface area contributed by atoms with Crippen molar-refractivity contribution < 1.29 is 8.42 Å². The largest absolute Gasteiger partial charge is 0.384 e. The molecule has 96 valence electrons. The Labute approximate surface area is 107 Å². The molecule has 1 N–H and O–H groups in total. The van der Waals surface area contributed by atoms with Crippen molar-refractivity contribution in [3.05, 3.63) is 35.9 Å². The minimum Gasteiger partial charge on any atom is -0.384 e. The maximum absolute atomic E-state index is 12.5. The summed E-state index contributed by atoms with van der Waals surface area (Å²) in [6.07, 6.45) is 5.70. The molecule has 4 nitrogen and oxygen atoms in total. The van der Waals surface area contributed by atoms with Crippen LogP contribution in [0.5, 0.6) is 0 Å². The van der Waals surface area contributed by atoms with Gasteiger partial charge in [-0.15, -0.1) is 0 Å². The van der Waals surface area contributed by atoms with Crippen molar-refractivity contribution in [3.8, 4) is 0 Å². The lowest BCUT2D eigenvalue weighted by atomic mass is 10.2. The highest BCUT2D eigenvalue weighted by atomic mass is 32.2. The zero-order chi connectivity index (χ0) is 12.6. The summed E-state index contributed by atoms with van der Waals surface area (Å²) in [4.78, 5) is 0.394. The summed E-state index contributed by atoms with van der Waals surface area (Å²) in [6, 6.07) is 5.40. The summed E-state index contributed by atoms with van der Waals surface area (Å²) in [6.45, 7) is 1.95. The topological polar surface area (TPSA) is 49.4 Å². The lowest BCUT2D eigenvalue weighted by molar-refractivity contribution is 0.437. The molecule has 0 spiro atoms. The average Bonchev–Trinajstić information content (AvgIpc) is 2.87. The highest BCUT2D eigenvalue weighted by Crippen LogP contribution is 2.27. The summed E-state index contributed by atoms with van der Waals surface area (Å²) in [5.41, 5.74) is 2.16. The molecule has 2 aliphatic rings. The van der Waals surface area contributed by atoms with E-state index >= 15 is 0 Å². The molecule has 0 bridgehead atoms. The van der Waals surface area contributed by atoms with Crippen molar-refractivity contribution in [2.24, 2.45) is 0 Å². The standard InChI is InChI=1S/C13H16N2O2S/c16-18(17,15-8-2-1-3-9-15)12-5-4-11-6-7-14-13(11)10-12/h1-2,4-5,10,14H,3,6-9H2. The Morgan fingerprint density at radius 2 is 2.11 bits per heavy atom.